The summed E-state index contributed by atoms with van der Waals surface area (Å²) in [5.41, 5.74) is 3.82. The summed E-state index contributed by atoms with van der Waals surface area (Å²) in [6.45, 7) is 4.03. The van der Waals surface area contributed by atoms with Crippen molar-refractivity contribution in [3.63, 3.8) is 0 Å². The van der Waals surface area contributed by atoms with Gasteiger partial charge in [-0.2, -0.15) is 0 Å². The first-order chi connectivity index (χ1) is 8.00. The van der Waals surface area contributed by atoms with Crippen LogP contribution in [-0.4, -0.2) is 4.98 Å². The molecule has 2 aromatic rings. The molecule has 0 atom stereocenters. The quantitative estimate of drug-likeness (QED) is 0.646. The molecule has 4 heteroatoms. The Morgan fingerprint density at radius 3 is 2.47 bits per heavy atom. The van der Waals surface area contributed by atoms with Gasteiger partial charge in [-0.3, -0.25) is 4.98 Å². The van der Waals surface area contributed by atoms with Crippen LogP contribution >= 0.6 is 34.8 Å². The minimum Gasteiger partial charge on any atom is -0.256 e. The highest BCUT2D eigenvalue weighted by Gasteiger charge is 2.13. The van der Waals surface area contributed by atoms with Gasteiger partial charge in [-0.1, -0.05) is 34.8 Å². The van der Waals surface area contributed by atoms with E-state index in [1.165, 1.54) is 0 Å². The molecule has 0 aliphatic rings. The Kier molecular flexibility index (Phi) is 3.62. The van der Waals surface area contributed by atoms with Crippen molar-refractivity contribution >= 4 is 34.8 Å². The second kappa shape index (κ2) is 4.85. The molecule has 0 saturated carbocycles. The smallest absolute Gasteiger partial charge is 0.0749 e. The number of nitrogens with zero attached hydrogens (tertiary/aromatic N) is 1. The number of rotatable bonds is 1. The number of aryl methyl sites for hydroxylation is 1. The zero-order chi connectivity index (χ0) is 12.6. The molecule has 0 aliphatic carbocycles. The van der Waals surface area contributed by atoms with Crippen LogP contribution in [0.3, 0.4) is 0 Å². The first kappa shape index (κ1) is 12.7. The Hall–Kier alpha value is -0.760. The van der Waals surface area contributed by atoms with Crippen molar-refractivity contribution in [2.24, 2.45) is 0 Å². The molecule has 0 spiro atoms. The Labute approximate surface area is 115 Å². The van der Waals surface area contributed by atoms with Gasteiger partial charge in [0.2, 0.25) is 0 Å². The van der Waals surface area contributed by atoms with Gasteiger partial charge in [0.25, 0.3) is 0 Å². The van der Waals surface area contributed by atoms with Crippen molar-refractivity contribution < 1.29 is 0 Å². The van der Waals surface area contributed by atoms with E-state index in [-0.39, 0.29) is 0 Å². The van der Waals surface area contributed by atoms with Crippen LogP contribution in [0.25, 0.3) is 11.3 Å². The average Bonchev–Trinajstić information content (AvgIpc) is 2.27. The molecule has 0 bridgehead atoms. The molecule has 0 aliphatic heterocycles. The van der Waals surface area contributed by atoms with Crippen LogP contribution in [0.5, 0.6) is 0 Å². The molecule has 1 nitrogen and oxygen atoms in total. The van der Waals surface area contributed by atoms with Crippen LogP contribution in [0.4, 0.5) is 0 Å². The van der Waals surface area contributed by atoms with E-state index >= 15 is 0 Å². The van der Waals surface area contributed by atoms with Crippen LogP contribution < -0.4 is 0 Å². The Balaban J connectivity index is 2.73. The van der Waals surface area contributed by atoms with E-state index in [4.69, 9.17) is 34.8 Å². The third kappa shape index (κ3) is 2.42. The maximum atomic E-state index is 6.19. The van der Waals surface area contributed by atoms with Gasteiger partial charge in [0.1, 0.15) is 0 Å². The lowest BCUT2D eigenvalue weighted by Gasteiger charge is -2.10. The largest absolute Gasteiger partial charge is 0.256 e. The highest BCUT2D eigenvalue weighted by atomic mass is 35.5. The van der Waals surface area contributed by atoms with E-state index in [0.717, 1.165) is 22.4 Å². The summed E-state index contributed by atoms with van der Waals surface area (Å²) in [5, 5.41) is 1.48. The molecule has 0 unspecified atom stereocenters. The van der Waals surface area contributed by atoms with Crippen LogP contribution in [0.15, 0.2) is 24.4 Å². The fourth-order valence-corrected chi connectivity index (χ4v) is 2.32. The summed E-state index contributed by atoms with van der Waals surface area (Å²) < 4.78 is 0. The van der Waals surface area contributed by atoms with Crippen molar-refractivity contribution in [1.29, 1.82) is 0 Å². The van der Waals surface area contributed by atoms with Crippen LogP contribution in [0.2, 0.25) is 15.1 Å². The Bertz CT molecular complexity index is 579. The average molecular weight is 287 g/mol. The summed E-state index contributed by atoms with van der Waals surface area (Å²) in [6, 6.07) is 5.36. The Morgan fingerprint density at radius 1 is 1.06 bits per heavy atom. The van der Waals surface area contributed by atoms with Gasteiger partial charge in [0.15, 0.2) is 0 Å². The van der Waals surface area contributed by atoms with Crippen LogP contribution in [0, 0.1) is 13.8 Å². The predicted molar refractivity (Wildman–Crippen MR) is 74.2 cm³/mol. The first-order valence-electron chi connectivity index (χ1n) is 5.08. The molecule has 1 aromatic carbocycles. The summed E-state index contributed by atoms with van der Waals surface area (Å²) in [7, 11) is 0. The highest BCUT2D eigenvalue weighted by molar-refractivity contribution is 6.45. The molecule has 17 heavy (non-hydrogen) atoms. The Morgan fingerprint density at radius 2 is 1.76 bits per heavy atom. The highest BCUT2D eigenvalue weighted by Crippen LogP contribution is 2.37. The van der Waals surface area contributed by atoms with Crippen molar-refractivity contribution in [3.05, 3.63) is 50.6 Å². The molecule has 2 rings (SSSR count). The van der Waals surface area contributed by atoms with Crippen molar-refractivity contribution in [3.8, 4) is 11.3 Å². The number of hydrogen-bond acceptors (Lipinski definition) is 1. The first-order valence-corrected chi connectivity index (χ1v) is 6.21. The molecule has 0 N–H and O–H groups in total. The summed E-state index contributed by atoms with van der Waals surface area (Å²) >= 11 is 18.2. The molecule has 0 amide bonds. The standard InChI is InChI=1S/C13H10Cl3N/c1-7-3-4-17-13(8(7)2)10-5-9(14)6-11(15)12(10)16/h3-6H,1-2H3. The number of hydrogen-bond donors (Lipinski definition) is 0. The monoisotopic (exact) mass is 285 g/mol. The van der Waals surface area contributed by atoms with Crippen molar-refractivity contribution in [2.45, 2.75) is 13.8 Å². The van der Waals surface area contributed by atoms with Crippen LogP contribution in [-0.2, 0) is 0 Å². The van der Waals surface area contributed by atoms with Gasteiger partial charge in [0.05, 0.1) is 15.7 Å². The summed E-state index contributed by atoms with van der Waals surface area (Å²) in [4.78, 5) is 4.35. The molecule has 0 radical (unpaired) electrons. The molecule has 0 fully saturated rings. The third-order valence-corrected chi connectivity index (χ3v) is 3.74. The molecule has 1 heterocycles. The van der Waals surface area contributed by atoms with Crippen molar-refractivity contribution in [1.82, 2.24) is 4.98 Å². The maximum Gasteiger partial charge on any atom is 0.0749 e. The second-order valence-electron chi connectivity index (χ2n) is 3.85. The van der Waals surface area contributed by atoms with Gasteiger partial charge in [-0.25, -0.2) is 0 Å². The van der Waals surface area contributed by atoms with Crippen LogP contribution in [0.1, 0.15) is 11.1 Å². The molecule has 1 aromatic heterocycles. The SMILES string of the molecule is Cc1ccnc(-c2cc(Cl)cc(Cl)c2Cl)c1C. The summed E-state index contributed by atoms with van der Waals surface area (Å²) in [6.07, 6.45) is 1.75. The molecular weight excluding hydrogens is 277 g/mol. The maximum absolute atomic E-state index is 6.19. The molecule has 0 saturated heterocycles. The van der Waals surface area contributed by atoms with Gasteiger partial charge in [-0.15, -0.1) is 0 Å². The van der Waals surface area contributed by atoms with Crippen molar-refractivity contribution in [2.75, 3.05) is 0 Å². The lowest BCUT2D eigenvalue weighted by molar-refractivity contribution is 1.22. The van der Waals surface area contributed by atoms with E-state index in [1.807, 2.05) is 19.9 Å². The number of aromatic nitrogens is 1. The van der Waals surface area contributed by atoms with E-state index in [2.05, 4.69) is 4.98 Å². The van der Waals surface area contributed by atoms with Gasteiger partial charge in [-0.05, 0) is 43.2 Å². The summed E-state index contributed by atoms with van der Waals surface area (Å²) in [5.74, 6) is 0. The number of halogens is 3. The van der Waals surface area contributed by atoms with Gasteiger partial charge >= 0.3 is 0 Å². The van der Waals surface area contributed by atoms with Gasteiger partial charge in [0, 0.05) is 16.8 Å². The fraction of sp³-hybridized carbons (Fsp3) is 0.154. The van der Waals surface area contributed by atoms with E-state index in [9.17, 15) is 0 Å². The minimum atomic E-state index is 0.442. The van der Waals surface area contributed by atoms with Gasteiger partial charge < -0.3 is 0 Å². The minimum absolute atomic E-state index is 0.442. The fourth-order valence-electron chi connectivity index (χ4n) is 1.63. The number of benzene rings is 1. The molecule has 88 valence electrons. The number of pyridine rings is 1. The van der Waals surface area contributed by atoms with E-state index in [0.29, 0.717) is 15.1 Å². The predicted octanol–water partition coefficient (Wildman–Crippen LogP) is 5.33. The second-order valence-corrected chi connectivity index (χ2v) is 5.07. The third-order valence-electron chi connectivity index (χ3n) is 2.72. The van der Waals surface area contributed by atoms with E-state index < -0.39 is 0 Å². The van der Waals surface area contributed by atoms with E-state index in [1.54, 1.807) is 18.3 Å². The molecular formula is C13H10Cl3N. The lowest BCUT2D eigenvalue weighted by atomic mass is 10.0. The lowest BCUT2D eigenvalue weighted by Crippen LogP contribution is -1.92. The zero-order valence-electron chi connectivity index (χ0n) is 9.39. The normalized spacial score (nSPS) is 10.6. The topological polar surface area (TPSA) is 12.9 Å². The zero-order valence-corrected chi connectivity index (χ0v) is 11.7.